The molecular formula is C15H21N3O5. The van der Waals surface area contributed by atoms with Crippen molar-refractivity contribution in [1.82, 2.24) is 14.0 Å². The first-order chi connectivity index (χ1) is 10.9. The molecule has 0 bridgehead atoms. The van der Waals surface area contributed by atoms with Crippen LogP contribution >= 0.6 is 0 Å². The zero-order valence-electron chi connectivity index (χ0n) is 13.1. The van der Waals surface area contributed by atoms with E-state index < -0.39 is 17.2 Å². The lowest BCUT2D eigenvalue weighted by Crippen LogP contribution is -2.47. The second-order valence-corrected chi connectivity index (χ2v) is 5.79. The van der Waals surface area contributed by atoms with Gasteiger partial charge in [-0.1, -0.05) is 0 Å². The molecule has 0 saturated carbocycles. The molecule has 126 valence electrons. The number of carbonyl (C=O) groups excluding carboxylic acids is 1. The predicted octanol–water partition coefficient (Wildman–Crippen LogP) is -0.207. The van der Waals surface area contributed by atoms with Crippen LogP contribution in [0.15, 0.2) is 21.9 Å². The maximum absolute atomic E-state index is 12.5. The molecular weight excluding hydrogens is 302 g/mol. The van der Waals surface area contributed by atoms with Gasteiger partial charge in [-0.15, -0.1) is 0 Å². The number of hydrogen-bond donors (Lipinski definition) is 1. The molecule has 0 spiro atoms. The van der Waals surface area contributed by atoms with Crippen molar-refractivity contribution in [3.63, 3.8) is 0 Å². The largest absolute Gasteiger partial charge is 0.481 e. The van der Waals surface area contributed by atoms with Crippen LogP contribution in [0.3, 0.4) is 0 Å². The number of piperidine rings is 1. The Morgan fingerprint density at radius 1 is 1.30 bits per heavy atom. The second-order valence-electron chi connectivity index (χ2n) is 5.79. The van der Waals surface area contributed by atoms with Gasteiger partial charge in [0.05, 0.1) is 0 Å². The first-order valence-corrected chi connectivity index (χ1v) is 7.68. The first-order valence-electron chi connectivity index (χ1n) is 7.68. The van der Waals surface area contributed by atoms with Crippen LogP contribution in [0.5, 0.6) is 0 Å². The molecule has 0 unspecified atom stereocenters. The van der Waals surface area contributed by atoms with Gasteiger partial charge in [0.15, 0.2) is 0 Å². The fourth-order valence-corrected chi connectivity index (χ4v) is 2.89. The number of carboxylic acid groups (broad SMARTS) is 1. The summed E-state index contributed by atoms with van der Waals surface area (Å²) >= 11 is 0. The van der Waals surface area contributed by atoms with Gasteiger partial charge in [-0.3, -0.25) is 23.5 Å². The molecule has 1 aliphatic heterocycles. The Morgan fingerprint density at radius 3 is 2.74 bits per heavy atom. The number of aromatic nitrogens is 2. The van der Waals surface area contributed by atoms with Crippen LogP contribution in [0, 0.1) is 0 Å². The molecule has 0 aromatic carbocycles. The highest BCUT2D eigenvalue weighted by Gasteiger charge is 2.27. The molecule has 1 fully saturated rings. The van der Waals surface area contributed by atoms with Gasteiger partial charge in [-0.2, -0.15) is 0 Å². The van der Waals surface area contributed by atoms with Crippen LogP contribution in [0.2, 0.25) is 0 Å². The number of carbonyl (C=O) groups is 2. The summed E-state index contributed by atoms with van der Waals surface area (Å²) < 4.78 is 2.15. The Kier molecular flexibility index (Phi) is 5.36. The molecule has 1 amide bonds. The van der Waals surface area contributed by atoms with E-state index in [-0.39, 0.29) is 24.9 Å². The van der Waals surface area contributed by atoms with Crippen molar-refractivity contribution in [3.05, 3.63) is 33.1 Å². The molecule has 23 heavy (non-hydrogen) atoms. The van der Waals surface area contributed by atoms with E-state index in [2.05, 4.69) is 0 Å². The van der Waals surface area contributed by atoms with Gasteiger partial charge in [-0.05, 0) is 25.7 Å². The average Bonchev–Trinajstić information content (AvgIpc) is 2.53. The van der Waals surface area contributed by atoms with Gasteiger partial charge < -0.3 is 10.0 Å². The van der Waals surface area contributed by atoms with Crippen molar-refractivity contribution >= 4 is 11.9 Å². The second kappa shape index (κ2) is 7.26. The summed E-state index contributed by atoms with van der Waals surface area (Å²) in [6, 6.07) is 1.14. The van der Waals surface area contributed by atoms with E-state index in [0.29, 0.717) is 13.0 Å². The van der Waals surface area contributed by atoms with E-state index >= 15 is 0 Å². The van der Waals surface area contributed by atoms with Crippen molar-refractivity contribution < 1.29 is 14.7 Å². The Hall–Kier alpha value is -2.38. The van der Waals surface area contributed by atoms with Crippen LogP contribution in [-0.4, -0.2) is 43.6 Å². The van der Waals surface area contributed by atoms with Crippen molar-refractivity contribution in [2.24, 2.45) is 7.05 Å². The Labute approximate surface area is 132 Å². The average molecular weight is 323 g/mol. The zero-order chi connectivity index (χ0) is 17.0. The van der Waals surface area contributed by atoms with Crippen LogP contribution in [0.25, 0.3) is 0 Å². The van der Waals surface area contributed by atoms with Crippen LogP contribution < -0.4 is 11.2 Å². The summed E-state index contributed by atoms with van der Waals surface area (Å²) in [4.78, 5) is 48.3. The molecule has 1 N–H and O–H groups in total. The lowest BCUT2D eigenvalue weighted by molar-refractivity contribution is -0.140. The minimum absolute atomic E-state index is 0.0221. The summed E-state index contributed by atoms with van der Waals surface area (Å²) in [7, 11) is 1.36. The van der Waals surface area contributed by atoms with E-state index in [1.165, 1.54) is 23.9 Å². The van der Waals surface area contributed by atoms with Crippen LogP contribution in [0.4, 0.5) is 0 Å². The van der Waals surface area contributed by atoms with Crippen molar-refractivity contribution in [2.45, 2.75) is 44.7 Å². The SMILES string of the molecule is Cn1c(=O)ccn(CC(=O)N2CCCC[C@H]2CCC(=O)O)c1=O. The number of aliphatic carboxylic acids is 1. The number of likely N-dealkylation sites (tertiary alicyclic amines) is 1. The zero-order valence-corrected chi connectivity index (χ0v) is 13.1. The van der Waals surface area contributed by atoms with E-state index in [0.717, 1.165) is 23.8 Å². The molecule has 2 rings (SSSR count). The number of amides is 1. The summed E-state index contributed by atoms with van der Waals surface area (Å²) in [5.74, 6) is -1.10. The van der Waals surface area contributed by atoms with Gasteiger partial charge in [0.25, 0.3) is 5.56 Å². The molecule has 1 aromatic rings. The maximum Gasteiger partial charge on any atom is 0.331 e. The first kappa shape index (κ1) is 17.0. The van der Waals surface area contributed by atoms with Gasteiger partial charge in [0, 0.05) is 38.3 Å². The Bertz CT molecular complexity index is 706. The monoisotopic (exact) mass is 323 g/mol. The molecule has 8 heteroatoms. The third-order valence-electron chi connectivity index (χ3n) is 4.20. The smallest absolute Gasteiger partial charge is 0.331 e. The van der Waals surface area contributed by atoms with E-state index in [4.69, 9.17) is 5.11 Å². The standard InChI is InChI=1S/C15H21N3O5/c1-16-12(19)7-9-17(15(16)23)10-13(20)18-8-3-2-4-11(18)5-6-14(21)22/h7,9,11H,2-6,8,10H2,1H3,(H,21,22)/t11-/m0/s1. The van der Waals surface area contributed by atoms with E-state index in [1.807, 2.05) is 0 Å². The summed E-state index contributed by atoms with van der Waals surface area (Å²) in [5, 5.41) is 8.82. The number of nitrogens with zero attached hydrogens (tertiary/aromatic N) is 3. The highest BCUT2D eigenvalue weighted by molar-refractivity contribution is 5.76. The van der Waals surface area contributed by atoms with Crippen molar-refractivity contribution in [3.8, 4) is 0 Å². The lowest BCUT2D eigenvalue weighted by Gasteiger charge is -2.35. The van der Waals surface area contributed by atoms with Gasteiger partial charge in [0.2, 0.25) is 5.91 Å². The normalized spacial score (nSPS) is 18.0. The number of carboxylic acids is 1. The Morgan fingerprint density at radius 2 is 2.04 bits per heavy atom. The molecule has 1 saturated heterocycles. The minimum atomic E-state index is -0.878. The Balaban J connectivity index is 2.11. The van der Waals surface area contributed by atoms with Crippen molar-refractivity contribution in [2.75, 3.05) is 6.54 Å². The number of rotatable bonds is 5. The third kappa shape index (κ3) is 4.08. The van der Waals surface area contributed by atoms with Gasteiger partial charge >= 0.3 is 11.7 Å². The highest BCUT2D eigenvalue weighted by Crippen LogP contribution is 2.21. The molecule has 0 radical (unpaired) electrons. The molecule has 2 heterocycles. The molecule has 8 nitrogen and oxygen atoms in total. The fraction of sp³-hybridized carbons (Fsp3) is 0.600. The molecule has 1 aromatic heterocycles. The minimum Gasteiger partial charge on any atom is -0.481 e. The third-order valence-corrected chi connectivity index (χ3v) is 4.20. The maximum atomic E-state index is 12.5. The van der Waals surface area contributed by atoms with E-state index in [1.54, 1.807) is 4.90 Å². The van der Waals surface area contributed by atoms with E-state index in [9.17, 15) is 19.2 Å². The van der Waals surface area contributed by atoms with Gasteiger partial charge in [-0.25, -0.2) is 4.79 Å². The quantitative estimate of drug-likeness (QED) is 0.808. The lowest BCUT2D eigenvalue weighted by atomic mass is 9.98. The van der Waals surface area contributed by atoms with Crippen LogP contribution in [0.1, 0.15) is 32.1 Å². The predicted molar refractivity (Wildman–Crippen MR) is 82.2 cm³/mol. The molecule has 1 aliphatic rings. The highest BCUT2D eigenvalue weighted by atomic mass is 16.4. The summed E-state index contributed by atoms with van der Waals surface area (Å²) in [6.07, 6.45) is 4.38. The molecule has 1 atom stereocenters. The summed E-state index contributed by atoms with van der Waals surface area (Å²) in [6.45, 7) is 0.431. The number of hydrogen-bond acceptors (Lipinski definition) is 4. The fourth-order valence-electron chi connectivity index (χ4n) is 2.89. The van der Waals surface area contributed by atoms with Crippen molar-refractivity contribution in [1.29, 1.82) is 0 Å². The summed E-state index contributed by atoms with van der Waals surface area (Å²) in [5.41, 5.74) is -0.957. The van der Waals surface area contributed by atoms with Crippen LogP contribution in [-0.2, 0) is 23.2 Å². The molecule has 0 aliphatic carbocycles. The van der Waals surface area contributed by atoms with Gasteiger partial charge in [0.1, 0.15) is 6.54 Å². The topological polar surface area (TPSA) is 102 Å².